The quantitative estimate of drug-likeness (QED) is 0.340. The summed E-state index contributed by atoms with van der Waals surface area (Å²) in [5, 5.41) is 0. The fraction of sp³-hybridized carbons (Fsp3) is 0.625. The molecule has 0 radical (unpaired) electrons. The van der Waals surface area contributed by atoms with Crippen LogP contribution in [0, 0.1) is 0 Å². The first-order valence-corrected chi connectivity index (χ1v) is 4.58. The molecule has 2 nitrogen and oxygen atoms in total. The number of allylic oxidation sites excluding steroid dienone is 1. The van der Waals surface area contributed by atoms with Crippen LogP contribution in [0.3, 0.4) is 0 Å². The van der Waals surface area contributed by atoms with E-state index in [2.05, 4.69) is 22.6 Å². The van der Waals surface area contributed by atoms with Gasteiger partial charge in [-0.2, -0.15) is 0 Å². The predicted molar refractivity (Wildman–Crippen MR) is 53.9 cm³/mol. The molecule has 0 heterocycles. The second-order valence-electron chi connectivity index (χ2n) is 2.65. The van der Waals surface area contributed by atoms with Gasteiger partial charge in [0.25, 0.3) is 0 Å². The average molecular weight is 268 g/mol. The van der Waals surface area contributed by atoms with Crippen molar-refractivity contribution in [3.63, 3.8) is 0 Å². The SMILES string of the molecule is CCOC(=O)C=CC(C)(C)I. The maximum atomic E-state index is 10.8. The minimum absolute atomic E-state index is 0.0184. The summed E-state index contributed by atoms with van der Waals surface area (Å²) >= 11 is 2.24. The molecule has 64 valence electrons. The molecule has 0 aromatic rings. The molecule has 0 bridgehead atoms. The summed E-state index contributed by atoms with van der Waals surface area (Å²) in [4.78, 5) is 10.8. The van der Waals surface area contributed by atoms with Crippen molar-refractivity contribution < 1.29 is 9.53 Å². The number of alkyl halides is 1. The Balaban J connectivity index is 3.83. The van der Waals surface area contributed by atoms with E-state index in [1.165, 1.54) is 6.08 Å². The van der Waals surface area contributed by atoms with Crippen molar-refractivity contribution in [2.24, 2.45) is 0 Å². The normalized spacial score (nSPS) is 12.0. The third-order valence-corrected chi connectivity index (χ3v) is 1.26. The van der Waals surface area contributed by atoms with Crippen LogP contribution in [0.25, 0.3) is 0 Å². The van der Waals surface area contributed by atoms with Gasteiger partial charge in [-0.05, 0) is 20.8 Å². The van der Waals surface area contributed by atoms with Gasteiger partial charge in [-0.25, -0.2) is 4.79 Å². The molecule has 0 spiro atoms. The lowest BCUT2D eigenvalue weighted by Gasteiger charge is -2.07. The van der Waals surface area contributed by atoms with Gasteiger partial charge in [0.05, 0.1) is 6.61 Å². The Morgan fingerprint density at radius 1 is 1.64 bits per heavy atom. The number of carbonyl (C=O) groups is 1. The standard InChI is InChI=1S/C8H13IO2/c1-4-11-7(10)5-6-8(2,3)9/h5-6H,4H2,1-3H3. The van der Waals surface area contributed by atoms with E-state index in [0.717, 1.165) is 0 Å². The molecule has 3 heteroatoms. The van der Waals surface area contributed by atoms with E-state index < -0.39 is 0 Å². The molecule has 0 aromatic heterocycles. The number of hydrogen-bond acceptors (Lipinski definition) is 2. The van der Waals surface area contributed by atoms with Crippen molar-refractivity contribution in [1.82, 2.24) is 0 Å². The fourth-order valence-electron chi connectivity index (χ4n) is 0.457. The first-order chi connectivity index (χ1) is 4.95. The second kappa shape index (κ2) is 4.74. The van der Waals surface area contributed by atoms with Gasteiger partial charge in [-0.1, -0.05) is 28.7 Å². The van der Waals surface area contributed by atoms with Crippen LogP contribution in [-0.4, -0.2) is 16.0 Å². The highest BCUT2D eigenvalue weighted by atomic mass is 127. The van der Waals surface area contributed by atoms with Crippen molar-refractivity contribution in [3.8, 4) is 0 Å². The van der Waals surface area contributed by atoms with Crippen molar-refractivity contribution in [2.75, 3.05) is 6.61 Å². The van der Waals surface area contributed by atoms with Gasteiger partial charge in [0, 0.05) is 9.50 Å². The first-order valence-electron chi connectivity index (χ1n) is 3.50. The Morgan fingerprint density at radius 3 is 2.55 bits per heavy atom. The van der Waals surface area contributed by atoms with Crippen LogP contribution in [0.15, 0.2) is 12.2 Å². The molecule has 0 atom stereocenters. The number of rotatable bonds is 3. The molecule has 0 saturated carbocycles. The summed E-state index contributed by atoms with van der Waals surface area (Å²) in [6, 6.07) is 0. The smallest absolute Gasteiger partial charge is 0.330 e. The maximum Gasteiger partial charge on any atom is 0.330 e. The largest absolute Gasteiger partial charge is 0.463 e. The third-order valence-electron chi connectivity index (χ3n) is 0.902. The molecule has 0 aliphatic carbocycles. The van der Waals surface area contributed by atoms with Gasteiger partial charge in [0.15, 0.2) is 0 Å². The Labute approximate surface area is 81.1 Å². The zero-order valence-electron chi connectivity index (χ0n) is 7.06. The van der Waals surface area contributed by atoms with Crippen LogP contribution in [0.5, 0.6) is 0 Å². The Bertz CT molecular complexity index is 156. The molecular formula is C8H13IO2. The molecule has 0 amide bonds. The van der Waals surface area contributed by atoms with E-state index in [9.17, 15) is 4.79 Å². The van der Waals surface area contributed by atoms with Gasteiger partial charge < -0.3 is 4.74 Å². The summed E-state index contributed by atoms with van der Waals surface area (Å²) in [5.41, 5.74) is 0. The van der Waals surface area contributed by atoms with E-state index in [1.807, 2.05) is 19.9 Å². The molecule has 0 aliphatic heterocycles. The number of esters is 1. The maximum absolute atomic E-state index is 10.8. The van der Waals surface area contributed by atoms with E-state index >= 15 is 0 Å². The molecule has 0 fully saturated rings. The molecule has 0 aliphatic rings. The number of halogens is 1. The van der Waals surface area contributed by atoms with Crippen molar-refractivity contribution in [2.45, 2.75) is 24.2 Å². The van der Waals surface area contributed by atoms with E-state index in [0.29, 0.717) is 6.61 Å². The summed E-state index contributed by atoms with van der Waals surface area (Å²) in [6.07, 6.45) is 3.29. The Hall–Kier alpha value is -0.0600. The highest BCUT2D eigenvalue weighted by Gasteiger charge is 2.07. The van der Waals surface area contributed by atoms with Gasteiger partial charge in [0.1, 0.15) is 0 Å². The van der Waals surface area contributed by atoms with Gasteiger partial charge >= 0.3 is 5.97 Å². The topological polar surface area (TPSA) is 26.3 Å². The zero-order chi connectivity index (χ0) is 8.91. The van der Waals surface area contributed by atoms with Crippen LogP contribution >= 0.6 is 22.6 Å². The molecule has 0 unspecified atom stereocenters. The number of carbonyl (C=O) groups excluding carboxylic acids is 1. The van der Waals surface area contributed by atoms with Crippen LogP contribution in [-0.2, 0) is 9.53 Å². The highest BCUT2D eigenvalue weighted by molar-refractivity contribution is 14.1. The average Bonchev–Trinajstić information content (AvgIpc) is 1.83. The fourth-order valence-corrected chi connectivity index (χ4v) is 0.636. The lowest BCUT2D eigenvalue weighted by molar-refractivity contribution is -0.137. The van der Waals surface area contributed by atoms with Crippen LogP contribution in [0.2, 0.25) is 0 Å². The zero-order valence-corrected chi connectivity index (χ0v) is 9.21. The summed E-state index contributed by atoms with van der Waals surface area (Å²) < 4.78 is 4.73. The summed E-state index contributed by atoms with van der Waals surface area (Å²) in [6.45, 7) is 6.26. The van der Waals surface area contributed by atoms with Crippen LogP contribution in [0.4, 0.5) is 0 Å². The summed E-state index contributed by atoms with van der Waals surface area (Å²) in [7, 11) is 0. The van der Waals surface area contributed by atoms with Crippen molar-refractivity contribution >= 4 is 28.6 Å². The van der Waals surface area contributed by atoms with Crippen molar-refractivity contribution in [3.05, 3.63) is 12.2 Å². The van der Waals surface area contributed by atoms with Gasteiger partial charge in [0.2, 0.25) is 0 Å². The van der Waals surface area contributed by atoms with Gasteiger partial charge in [-0.15, -0.1) is 0 Å². The Morgan fingerprint density at radius 2 is 2.18 bits per heavy atom. The van der Waals surface area contributed by atoms with E-state index in [1.54, 1.807) is 6.92 Å². The monoisotopic (exact) mass is 268 g/mol. The number of hydrogen-bond donors (Lipinski definition) is 0. The lowest BCUT2D eigenvalue weighted by atomic mass is 10.2. The first kappa shape index (κ1) is 10.9. The molecule has 11 heavy (non-hydrogen) atoms. The molecule has 0 aromatic carbocycles. The Kier molecular flexibility index (Phi) is 4.72. The minimum atomic E-state index is -0.266. The molecular weight excluding hydrogens is 255 g/mol. The predicted octanol–water partition coefficient (Wildman–Crippen LogP) is 2.32. The summed E-state index contributed by atoms with van der Waals surface area (Å²) in [5.74, 6) is -0.266. The van der Waals surface area contributed by atoms with Crippen LogP contribution < -0.4 is 0 Å². The molecule has 0 rings (SSSR count). The minimum Gasteiger partial charge on any atom is -0.463 e. The highest BCUT2D eigenvalue weighted by Crippen LogP contribution is 2.17. The second-order valence-corrected chi connectivity index (χ2v) is 5.43. The third kappa shape index (κ3) is 7.84. The van der Waals surface area contributed by atoms with E-state index in [-0.39, 0.29) is 9.39 Å². The molecule has 0 saturated heterocycles. The van der Waals surface area contributed by atoms with Gasteiger partial charge in [-0.3, -0.25) is 0 Å². The van der Waals surface area contributed by atoms with Crippen LogP contribution in [0.1, 0.15) is 20.8 Å². The lowest BCUT2D eigenvalue weighted by Crippen LogP contribution is -2.06. The van der Waals surface area contributed by atoms with Crippen molar-refractivity contribution in [1.29, 1.82) is 0 Å². The molecule has 0 N–H and O–H groups in total. The van der Waals surface area contributed by atoms with E-state index in [4.69, 9.17) is 4.74 Å². The number of ether oxygens (including phenoxy) is 1.